The van der Waals surface area contributed by atoms with E-state index < -0.39 is 0 Å². The highest BCUT2D eigenvalue weighted by atomic mass is 16.5. The molecule has 0 aliphatic carbocycles. The van der Waals surface area contributed by atoms with Gasteiger partial charge < -0.3 is 4.74 Å². The molecular weight excluding hydrogens is 172 g/mol. The van der Waals surface area contributed by atoms with Crippen LogP contribution in [0.1, 0.15) is 13.8 Å². The topological polar surface area (TPSA) is 68.1 Å². The van der Waals surface area contributed by atoms with Crippen LogP contribution >= 0.6 is 0 Å². The minimum absolute atomic E-state index is 0.161. The maximum Gasteiger partial charge on any atom is 0.235 e. The van der Waals surface area contributed by atoms with Crippen molar-refractivity contribution in [3.63, 3.8) is 0 Å². The molecule has 0 aromatic carbocycles. The van der Waals surface area contributed by atoms with Crippen molar-refractivity contribution in [2.75, 3.05) is 13.2 Å². The normalized spacial score (nSPS) is 13.7. The summed E-state index contributed by atoms with van der Waals surface area (Å²) < 4.78 is 5.21. The molecule has 2 unspecified atom stereocenters. The lowest BCUT2D eigenvalue weighted by Crippen LogP contribution is -2.18. The second-order valence-electron chi connectivity index (χ2n) is 2.65. The molecule has 5 nitrogen and oxygen atoms in total. The average molecular weight is 184 g/mol. The van der Waals surface area contributed by atoms with E-state index in [1.807, 2.05) is 0 Å². The van der Waals surface area contributed by atoms with Crippen LogP contribution in [0.15, 0.2) is 9.98 Å². The van der Waals surface area contributed by atoms with E-state index in [1.54, 1.807) is 13.8 Å². The summed E-state index contributed by atoms with van der Waals surface area (Å²) in [5.41, 5.74) is 0. The maximum absolute atomic E-state index is 9.81. The van der Waals surface area contributed by atoms with E-state index in [4.69, 9.17) is 4.74 Å². The Kier molecular flexibility index (Phi) is 6.65. The fourth-order valence-corrected chi connectivity index (χ4v) is 0.649. The summed E-state index contributed by atoms with van der Waals surface area (Å²) in [6.45, 7) is 4.12. The molecule has 0 fully saturated rings. The molecule has 0 N–H and O–H groups in total. The summed E-state index contributed by atoms with van der Waals surface area (Å²) in [7, 11) is 0. The Bertz CT molecular complexity index is 230. The van der Waals surface area contributed by atoms with Crippen LogP contribution in [0.25, 0.3) is 0 Å². The number of carbonyl (C=O) groups excluding carboxylic acids is 2. The summed E-state index contributed by atoms with van der Waals surface area (Å²) in [5.74, 6) is 0. The van der Waals surface area contributed by atoms with E-state index in [2.05, 4.69) is 9.98 Å². The number of ether oxygens (including phenoxy) is 1. The standard InChI is InChI=1S/C8H12N2O3/c1-7(10-6-12)4-13-8(2)3-9-5-11/h7-8H,3-4H2,1-2H3. The summed E-state index contributed by atoms with van der Waals surface area (Å²) in [6, 6.07) is -0.208. The van der Waals surface area contributed by atoms with E-state index in [1.165, 1.54) is 12.2 Å². The summed E-state index contributed by atoms with van der Waals surface area (Å²) >= 11 is 0. The Morgan fingerprint density at radius 2 is 2.00 bits per heavy atom. The third-order valence-electron chi connectivity index (χ3n) is 1.31. The van der Waals surface area contributed by atoms with E-state index in [0.29, 0.717) is 6.61 Å². The van der Waals surface area contributed by atoms with Gasteiger partial charge in [-0.3, -0.25) is 0 Å². The van der Waals surface area contributed by atoms with Gasteiger partial charge in [-0.15, -0.1) is 0 Å². The molecule has 0 saturated heterocycles. The van der Waals surface area contributed by atoms with Crippen molar-refractivity contribution in [3.8, 4) is 0 Å². The predicted molar refractivity (Wildman–Crippen MR) is 46.0 cm³/mol. The van der Waals surface area contributed by atoms with Gasteiger partial charge in [0, 0.05) is 0 Å². The molecule has 0 aromatic rings. The van der Waals surface area contributed by atoms with Crippen molar-refractivity contribution in [1.82, 2.24) is 0 Å². The van der Waals surface area contributed by atoms with Gasteiger partial charge in [0.05, 0.1) is 25.3 Å². The Morgan fingerprint density at radius 3 is 2.54 bits per heavy atom. The molecule has 0 saturated carbocycles. The molecule has 0 radical (unpaired) electrons. The second-order valence-corrected chi connectivity index (χ2v) is 2.65. The van der Waals surface area contributed by atoms with Gasteiger partial charge in [-0.2, -0.15) is 0 Å². The third-order valence-corrected chi connectivity index (χ3v) is 1.31. The Balaban J connectivity index is 3.62. The van der Waals surface area contributed by atoms with Crippen LogP contribution < -0.4 is 0 Å². The smallest absolute Gasteiger partial charge is 0.235 e. The molecule has 72 valence electrons. The van der Waals surface area contributed by atoms with Gasteiger partial charge in [0.15, 0.2) is 0 Å². The van der Waals surface area contributed by atoms with Gasteiger partial charge in [0.25, 0.3) is 0 Å². The number of rotatable bonds is 6. The lowest BCUT2D eigenvalue weighted by molar-refractivity contribution is 0.0653. The minimum Gasteiger partial charge on any atom is -0.374 e. The lowest BCUT2D eigenvalue weighted by Gasteiger charge is -2.10. The molecule has 0 spiro atoms. The van der Waals surface area contributed by atoms with Crippen LogP contribution in [0, 0.1) is 0 Å². The molecule has 0 aromatic heterocycles. The van der Waals surface area contributed by atoms with E-state index in [9.17, 15) is 9.59 Å². The molecular formula is C8H12N2O3. The van der Waals surface area contributed by atoms with Crippen LogP contribution in [0.4, 0.5) is 0 Å². The quantitative estimate of drug-likeness (QED) is 0.444. The molecule has 0 rings (SSSR count). The van der Waals surface area contributed by atoms with Crippen LogP contribution in [-0.2, 0) is 14.3 Å². The van der Waals surface area contributed by atoms with Crippen LogP contribution in [0.3, 0.4) is 0 Å². The molecule has 13 heavy (non-hydrogen) atoms. The SMILES string of the molecule is CC(COC(C)CN=C=O)N=C=O. The molecule has 0 heterocycles. The first-order chi connectivity index (χ1) is 6.20. The summed E-state index contributed by atoms with van der Waals surface area (Å²) in [4.78, 5) is 26.3. The number of hydrogen-bond acceptors (Lipinski definition) is 5. The number of aliphatic imine (C=N–C) groups is 2. The average Bonchev–Trinajstić information content (AvgIpc) is 2.12. The van der Waals surface area contributed by atoms with Crippen LogP contribution in [0.5, 0.6) is 0 Å². The van der Waals surface area contributed by atoms with Gasteiger partial charge in [0.2, 0.25) is 12.2 Å². The van der Waals surface area contributed by atoms with Crippen molar-refractivity contribution in [2.24, 2.45) is 9.98 Å². The van der Waals surface area contributed by atoms with Gasteiger partial charge in [0.1, 0.15) is 0 Å². The second kappa shape index (κ2) is 7.37. The van der Waals surface area contributed by atoms with E-state index >= 15 is 0 Å². The monoisotopic (exact) mass is 184 g/mol. The molecule has 0 aliphatic heterocycles. The first-order valence-electron chi connectivity index (χ1n) is 3.93. The number of hydrogen-bond donors (Lipinski definition) is 0. The highest BCUT2D eigenvalue weighted by Gasteiger charge is 2.04. The maximum atomic E-state index is 9.81. The highest BCUT2D eigenvalue weighted by Crippen LogP contribution is 1.95. The number of isocyanates is 2. The van der Waals surface area contributed by atoms with Crippen molar-refractivity contribution in [2.45, 2.75) is 26.0 Å². The third kappa shape index (κ3) is 7.09. The van der Waals surface area contributed by atoms with Gasteiger partial charge >= 0.3 is 0 Å². The predicted octanol–water partition coefficient (Wildman–Crippen LogP) is 0.452. The first-order valence-corrected chi connectivity index (χ1v) is 3.93. The highest BCUT2D eigenvalue weighted by molar-refractivity contribution is 5.33. The first kappa shape index (κ1) is 11.7. The van der Waals surface area contributed by atoms with Gasteiger partial charge in [-0.1, -0.05) is 0 Å². The van der Waals surface area contributed by atoms with Crippen molar-refractivity contribution in [3.05, 3.63) is 0 Å². The molecule has 0 amide bonds. The summed E-state index contributed by atoms with van der Waals surface area (Å²) in [6.07, 6.45) is 2.70. The molecule has 0 aliphatic rings. The minimum atomic E-state index is -0.208. The van der Waals surface area contributed by atoms with Crippen LogP contribution in [-0.4, -0.2) is 37.5 Å². The van der Waals surface area contributed by atoms with E-state index in [-0.39, 0.29) is 18.7 Å². The number of nitrogens with zero attached hydrogens (tertiary/aromatic N) is 2. The lowest BCUT2D eigenvalue weighted by atomic mass is 10.3. The zero-order valence-electron chi connectivity index (χ0n) is 7.69. The Labute approximate surface area is 76.5 Å². The molecule has 5 heteroatoms. The summed E-state index contributed by atoms with van der Waals surface area (Å²) in [5, 5.41) is 0. The zero-order chi connectivity index (χ0) is 10.1. The van der Waals surface area contributed by atoms with Gasteiger partial charge in [-0.25, -0.2) is 19.6 Å². The fourth-order valence-electron chi connectivity index (χ4n) is 0.649. The zero-order valence-corrected chi connectivity index (χ0v) is 7.69. The van der Waals surface area contributed by atoms with E-state index in [0.717, 1.165) is 0 Å². The van der Waals surface area contributed by atoms with Crippen molar-refractivity contribution < 1.29 is 14.3 Å². The largest absolute Gasteiger partial charge is 0.374 e. The Morgan fingerprint density at radius 1 is 1.31 bits per heavy atom. The fraction of sp³-hybridized carbons (Fsp3) is 0.750. The van der Waals surface area contributed by atoms with Crippen molar-refractivity contribution >= 4 is 12.2 Å². The van der Waals surface area contributed by atoms with Gasteiger partial charge in [-0.05, 0) is 13.8 Å². The van der Waals surface area contributed by atoms with Crippen LogP contribution in [0.2, 0.25) is 0 Å². The Hall–Kier alpha value is -1.28. The van der Waals surface area contributed by atoms with Crippen molar-refractivity contribution in [1.29, 1.82) is 0 Å². The molecule has 2 atom stereocenters. The molecule has 0 bridgehead atoms.